The van der Waals surface area contributed by atoms with Crippen molar-refractivity contribution in [2.24, 2.45) is 0 Å². The fourth-order valence-electron chi connectivity index (χ4n) is 1.99. The minimum absolute atomic E-state index is 0.120. The molecule has 5 heteroatoms. The molecule has 1 aromatic carbocycles. The molecule has 0 saturated heterocycles. The van der Waals surface area contributed by atoms with Crippen molar-refractivity contribution in [3.63, 3.8) is 0 Å². The molecule has 2 rings (SSSR count). The van der Waals surface area contributed by atoms with Gasteiger partial charge in [-0.05, 0) is 32.2 Å². The van der Waals surface area contributed by atoms with Crippen molar-refractivity contribution in [1.82, 2.24) is 10.3 Å². The number of benzene rings is 1. The molecule has 0 amide bonds. The van der Waals surface area contributed by atoms with Crippen LogP contribution in [-0.4, -0.2) is 26.3 Å². The van der Waals surface area contributed by atoms with E-state index >= 15 is 0 Å². The predicted octanol–water partition coefficient (Wildman–Crippen LogP) is 3.17. The Morgan fingerprint density at radius 3 is 2.29 bits per heavy atom. The number of hydrogen-bond donors (Lipinski definition) is 1. The van der Waals surface area contributed by atoms with Gasteiger partial charge in [0.05, 0.1) is 14.2 Å². The molecule has 0 aliphatic carbocycles. The Bertz CT molecular complexity index is 580. The molecule has 0 fully saturated rings. The molecule has 1 atom stereocenters. The van der Waals surface area contributed by atoms with Crippen LogP contribution in [0, 0.1) is 0 Å². The van der Waals surface area contributed by atoms with Gasteiger partial charge in [0.2, 0.25) is 11.6 Å². The van der Waals surface area contributed by atoms with Crippen LogP contribution in [0.15, 0.2) is 36.5 Å². The van der Waals surface area contributed by atoms with Crippen LogP contribution in [0.25, 0.3) is 0 Å². The lowest BCUT2D eigenvalue weighted by atomic mass is 10.1. The van der Waals surface area contributed by atoms with Crippen LogP contribution in [0.3, 0.4) is 0 Å². The first-order chi connectivity index (χ1) is 10.2. The third kappa shape index (κ3) is 3.25. The van der Waals surface area contributed by atoms with Crippen LogP contribution in [0.4, 0.5) is 0 Å². The molecule has 112 valence electrons. The van der Waals surface area contributed by atoms with Crippen LogP contribution < -0.4 is 19.5 Å². The molecule has 21 heavy (non-hydrogen) atoms. The fourth-order valence-corrected chi connectivity index (χ4v) is 1.99. The first-order valence-corrected chi connectivity index (χ1v) is 6.72. The Morgan fingerprint density at radius 2 is 1.71 bits per heavy atom. The van der Waals surface area contributed by atoms with Crippen molar-refractivity contribution in [3.05, 3.63) is 42.1 Å². The first-order valence-electron chi connectivity index (χ1n) is 6.72. The summed E-state index contributed by atoms with van der Waals surface area (Å²) in [6, 6.07) is 9.47. The minimum Gasteiger partial charge on any atom is -0.493 e. The molecule has 0 saturated carbocycles. The summed E-state index contributed by atoms with van der Waals surface area (Å²) in [7, 11) is 5.08. The van der Waals surface area contributed by atoms with Gasteiger partial charge in [-0.2, -0.15) is 0 Å². The summed E-state index contributed by atoms with van der Waals surface area (Å²) < 4.78 is 16.7. The van der Waals surface area contributed by atoms with Crippen LogP contribution in [0.2, 0.25) is 0 Å². The Hall–Kier alpha value is -2.27. The van der Waals surface area contributed by atoms with Gasteiger partial charge in [-0.15, -0.1) is 0 Å². The van der Waals surface area contributed by atoms with Crippen molar-refractivity contribution >= 4 is 0 Å². The van der Waals surface area contributed by atoms with E-state index in [4.69, 9.17) is 14.2 Å². The number of nitrogens with one attached hydrogen (secondary N) is 1. The molecule has 0 aliphatic heterocycles. The highest BCUT2D eigenvalue weighted by atomic mass is 16.5. The number of methoxy groups -OCH3 is 2. The van der Waals surface area contributed by atoms with Crippen molar-refractivity contribution < 1.29 is 14.2 Å². The normalized spacial score (nSPS) is 11.8. The lowest BCUT2D eigenvalue weighted by Crippen LogP contribution is -2.13. The first kappa shape index (κ1) is 15.1. The second-order valence-corrected chi connectivity index (χ2v) is 4.50. The van der Waals surface area contributed by atoms with Gasteiger partial charge >= 0.3 is 0 Å². The van der Waals surface area contributed by atoms with Gasteiger partial charge in [-0.3, -0.25) is 0 Å². The molecule has 5 nitrogen and oxygen atoms in total. The van der Waals surface area contributed by atoms with Crippen LogP contribution in [-0.2, 0) is 0 Å². The van der Waals surface area contributed by atoms with E-state index in [2.05, 4.69) is 10.3 Å². The maximum absolute atomic E-state index is 5.98. The highest BCUT2D eigenvalue weighted by Gasteiger charge is 2.17. The summed E-state index contributed by atoms with van der Waals surface area (Å²) >= 11 is 0. The van der Waals surface area contributed by atoms with E-state index in [1.807, 2.05) is 44.3 Å². The average Bonchev–Trinajstić information content (AvgIpc) is 2.54. The van der Waals surface area contributed by atoms with Crippen LogP contribution in [0.5, 0.6) is 23.1 Å². The van der Waals surface area contributed by atoms with E-state index in [0.717, 1.165) is 5.56 Å². The monoisotopic (exact) mass is 288 g/mol. The molecule has 2 aromatic rings. The predicted molar refractivity (Wildman–Crippen MR) is 81.3 cm³/mol. The molecule has 0 radical (unpaired) electrons. The van der Waals surface area contributed by atoms with Crippen LogP contribution >= 0.6 is 0 Å². The SMILES string of the molecule is CNC(C)c1cccnc1Oc1c(OC)cccc1OC. The summed E-state index contributed by atoms with van der Waals surface area (Å²) in [5.41, 5.74) is 0.966. The van der Waals surface area contributed by atoms with Crippen molar-refractivity contribution in [3.8, 4) is 23.1 Å². The lowest BCUT2D eigenvalue weighted by molar-refractivity contribution is 0.339. The minimum atomic E-state index is 0.120. The summed E-state index contributed by atoms with van der Waals surface area (Å²) in [6.07, 6.45) is 1.70. The number of para-hydroxylation sites is 1. The standard InChI is InChI=1S/C16H20N2O3/c1-11(17-2)12-7-6-10-18-16(12)21-15-13(19-3)8-5-9-14(15)20-4/h5-11,17H,1-4H3. The summed E-state index contributed by atoms with van der Waals surface area (Å²) in [5, 5.41) is 3.18. The molecule has 1 N–H and O–H groups in total. The number of nitrogens with zero attached hydrogens (tertiary/aromatic N) is 1. The third-order valence-corrected chi connectivity index (χ3v) is 3.28. The Balaban J connectivity index is 2.43. The van der Waals surface area contributed by atoms with Gasteiger partial charge in [0, 0.05) is 17.8 Å². The molecule has 0 bridgehead atoms. The summed E-state index contributed by atoms with van der Waals surface area (Å²) in [4.78, 5) is 4.32. The molecule has 0 spiro atoms. The van der Waals surface area contributed by atoms with Gasteiger partial charge < -0.3 is 19.5 Å². The summed E-state index contributed by atoms with van der Waals surface area (Å²) in [6.45, 7) is 2.04. The number of hydrogen-bond acceptors (Lipinski definition) is 5. The summed E-state index contributed by atoms with van der Waals surface area (Å²) in [5.74, 6) is 2.25. The molecule has 1 aromatic heterocycles. The Labute approximate surface area is 124 Å². The second-order valence-electron chi connectivity index (χ2n) is 4.50. The van der Waals surface area contributed by atoms with E-state index in [1.165, 1.54) is 0 Å². The van der Waals surface area contributed by atoms with Gasteiger partial charge in [0.1, 0.15) is 0 Å². The van der Waals surface area contributed by atoms with E-state index < -0.39 is 0 Å². The van der Waals surface area contributed by atoms with Gasteiger partial charge in [-0.1, -0.05) is 12.1 Å². The number of aromatic nitrogens is 1. The zero-order valence-corrected chi connectivity index (χ0v) is 12.7. The Kier molecular flexibility index (Phi) is 5.00. The zero-order chi connectivity index (χ0) is 15.2. The highest BCUT2D eigenvalue weighted by Crippen LogP contribution is 2.40. The number of rotatable bonds is 6. The quantitative estimate of drug-likeness (QED) is 0.884. The van der Waals surface area contributed by atoms with E-state index in [9.17, 15) is 0 Å². The van der Waals surface area contributed by atoms with E-state index in [0.29, 0.717) is 23.1 Å². The van der Waals surface area contributed by atoms with E-state index in [-0.39, 0.29) is 6.04 Å². The number of ether oxygens (including phenoxy) is 3. The Morgan fingerprint density at radius 1 is 1.05 bits per heavy atom. The maximum Gasteiger partial charge on any atom is 0.224 e. The molecule has 0 aliphatic rings. The zero-order valence-electron chi connectivity index (χ0n) is 12.7. The van der Waals surface area contributed by atoms with E-state index in [1.54, 1.807) is 20.4 Å². The van der Waals surface area contributed by atoms with Crippen molar-refractivity contribution in [1.29, 1.82) is 0 Å². The number of pyridine rings is 1. The molecular weight excluding hydrogens is 268 g/mol. The molecular formula is C16H20N2O3. The van der Waals surface area contributed by atoms with Crippen LogP contribution in [0.1, 0.15) is 18.5 Å². The average molecular weight is 288 g/mol. The molecule has 1 heterocycles. The maximum atomic E-state index is 5.98. The smallest absolute Gasteiger partial charge is 0.224 e. The highest BCUT2D eigenvalue weighted by molar-refractivity contribution is 5.53. The molecule has 1 unspecified atom stereocenters. The largest absolute Gasteiger partial charge is 0.493 e. The topological polar surface area (TPSA) is 52.6 Å². The lowest BCUT2D eigenvalue weighted by Gasteiger charge is -2.17. The fraction of sp³-hybridized carbons (Fsp3) is 0.312. The van der Waals surface area contributed by atoms with Gasteiger partial charge in [0.25, 0.3) is 0 Å². The van der Waals surface area contributed by atoms with Crippen molar-refractivity contribution in [2.75, 3.05) is 21.3 Å². The van der Waals surface area contributed by atoms with Gasteiger partial charge in [-0.25, -0.2) is 4.98 Å². The van der Waals surface area contributed by atoms with Crippen molar-refractivity contribution in [2.45, 2.75) is 13.0 Å². The second kappa shape index (κ2) is 6.95. The van der Waals surface area contributed by atoms with Gasteiger partial charge in [0.15, 0.2) is 11.5 Å². The third-order valence-electron chi connectivity index (χ3n) is 3.28.